The molecule has 1 N–H and O–H groups in total. The van der Waals surface area contributed by atoms with Crippen LogP contribution in [0.1, 0.15) is 56.2 Å². The summed E-state index contributed by atoms with van der Waals surface area (Å²) in [5.74, 6) is -0.0629. The number of anilines is 1. The van der Waals surface area contributed by atoms with Crippen molar-refractivity contribution in [1.82, 2.24) is 4.57 Å². The number of aromatic nitrogens is 1. The molecule has 2 aromatic heterocycles. The van der Waals surface area contributed by atoms with Crippen molar-refractivity contribution in [2.24, 2.45) is 0 Å². The largest absolute Gasteiger partial charge is 0.322 e. The van der Waals surface area contributed by atoms with Crippen molar-refractivity contribution in [3.63, 3.8) is 0 Å². The van der Waals surface area contributed by atoms with Crippen LogP contribution in [0, 0.1) is 25.2 Å². The van der Waals surface area contributed by atoms with Crippen LogP contribution in [0.2, 0.25) is 0 Å². The highest BCUT2D eigenvalue weighted by Gasteiger charge is 2.28. The summed E-state index contributed by atoms with van der Waals surface area (Å²) >= 11 is 5.23. The van der Waals surface area contributed by atoms with Gasteiger partial charge >= 0.3 is 0 Å². The maximum absolute atomic E-state index is 13.6. The lowest BCUT2D eigenvalue weighted by Gasteiger charge is -2.14. The Labute approximate surface area is 224 Å². The van der Waals surface area contributed by atoms with Crippen molar-refractivity contribution < 1.29 is 4.79 Å². The molecular weight excluding hydrogens is 530 g/mol. The van der Waals surface area contributed by atoms with Crippen LogP contribution in [0.5, 0.6) is 0 Å². The molecule has 4 aromatic rings. The lowest BCUT2D eigenvalue weighted by Crippen LogP contribution is -2.17. The van der Waals surface area contributed by atoms with Gasteiger partial charge in [0.05, 0.1) is 17.2 Å². The van der Waals surface area contributed by atoms with Crippen molar-refractivity contribution in [1.29, 1.82) is 5.26 Å². The summed E-state index contributed by atoms with van der Waals surface area (Å²) in [6, 6.07) is 21.9. The van der Waals surface area contributed by atoms with Gasteiger partial charge in [0.2, 0.25) is 0 Å². The van der Waals surface area contributed by atoms with E-state index in [4.69, 9.17) is 0 Å². The summed E-state index contributed by atoms with van der Waals surface area (Å²) < 4.78 is 3.12. The number of hydrogen-bond donors (Lipinski definition) is 1. The van der Waals surface area contributed by atoms with Crippen LogP contribution in [0.15, 0.2) is 65.1 Å². The maximum atomic E-state index is 13.6. The summed E-state index contributed by atoms with van der Waals surface area (Å²) in [6.07, 6.45) is 6.14. The lowest BCUT2D eigenvalue weighted by molar-refractivity contribution is 0.102. The van der Waals surface area contributed by atoms with Crippen LogP contribution in [0.25, 0.3) is 16.7 Å². The van der Waals surface area contributed by atoms with Gasteiger partial charge in [-0.2, -0.15) is 5.26 Å². The topological polar surface area (TPSA) is 57.8 Å². The number of hydrogen-bond acceptors (Lipinski definition) is 3. The molecule has 5 rings (SSSR count). The third-order valence-corrected chi connectivity index (χ3v) is 8.41. The van der Waals surface area contributed by atoms with Gasteiger partial charge in [-0.1, -0.05) is 46.3 Å². The molecule has 2 aromatic carbocycles. The van der Waals surface area contributed by atoms with Crippen molar-refractivity contribution in [2.45, 2.75) is 39.5 Å². The Bertz CT molecular complexity index is 1520. The number of fused-ring (bicyclic) bond motifs is 1. The Morgan fingerprint density at radius 1 is 1.08 bits per heavy atom. The van der Waals surface area contributed by atoms with Gasteiger partial charge < -0.3 is 9.88 Å². The zero-order chi connectivity index (χ0) is 25.2. The fourth-order valence-electron chi connectivity index (χ4n) is 4.90. The smallest absolute Gasteiger partial charge is 0.258 e. The summed E-state index contributed by atoms with van der Waals surface area (Å²) in [4.78, 5) is 14.9. The number of rotatable bonds is 5. The number of nitrogens with one attached hydrogen (secondary N) is 1. The minimum Gasteiger partial charge on any atom is -0.322 e. The molecule has 2 heterocycles. The molecule has 0 bridgehead atoms. The third kappa shape index (κ3) is 4.69. The highest BCUT2D eigenvalue weighted by atomic mass is 79.9. The lowest BCUT2D eigenvalue weighted by atomic mass is 9.95. The average Bonchev–Trinajstić information content (AvgIpc) is 3.39. The normalized spacial score (nSPS) is 13.2. The van der Waals surface area contributed by atoms with E-state index in [0.29, 0.717) is 5.57 Å². The molecule has 0 radical (unpaired) electrons. The Morgan fingerprint density at radius 3 is 2.61 bits per heavy atom. The van der Waals surface area contributed by atoms with Crippen LogP contribution in [-0.2, 0) is 12.8 Å². The quantitative estimate of drug-likeness (QED) is 0.253. The number of amides is 1. The molecule has 1 amide bonds. The van der Waals surface area contributed by atoms with Gasteiger partial charge in [-0.3, -0.25) is 4.79 Å². The van der Waals surface area contributed by atoms with Crippen LogP contribution in [0.3, 0.4) is 0 Å². The molecule has 0 aliphatic heterocycles. The molecule has 1 aliphatic rings. The van der Waals surface area contributed by atoms with Crippen LogP contribution >= 0.6 is 27.3 Å². The number of benzene rings is 2. The van der Waals surface area contributed by atoms with Crippen molar-refractivity contribution >= 4 is 50.5 Å². The van der Waals surface area contributed by atoms with Crippen molar-refractivity contribution in [3.8, 4) is 11.1 Å². The summed E-state index contributed by atoms with van der Waals surface area (Å²) in [5, 5.41) is 14.0. The number of thiophene rings is 1. The fourth-order valence-corrected chi connectivity index (χ4v) is 6.79. The SMILES string of the molecule is Cc1cc(/C=C(/C#N)c2cccc(Br)c2)c(C)n1-c1sc2c(c1C(=O)Nc1ccccc1)CCCC2. The number of para-hydroxylation sites is 1. The molecule has 6 heteroatoms. The van der Waals surface area contributed by atoms with Crippen molar-refractivity contribution in [3.05, 3.63) is 104 Å². The van der Waals surface area contributed by atoms with Gasteiger partial charge in [0.1, 0.15) is 5.00 Å². The first-order valence-corrected chi connectivity index (χ1v) is 13.6. The number of carbonyl (C=O) groups is 1. The van der Waals surface area contributed by atoms with Crippen LogP contribution < -0.4 is 5.32 Å². The number of halogens is 1. The number of carbonyl (C=O) groups excluding carboxylic acids is 1. The molecule has 0 atom stereocenters. The first-order chi connectivity index (χ1) is 17.5. The molecule has 0 saturated carbocycles. The van der Waals surface area contributed by atoms with E-state index in [0.717, 1.165) is 68.9 Å². The van der Waals surface area contributed by atoms with Gasteiger partial charge in [-0.05, 0) is 92.6 Å². The van der Waals surface area contributed by atoms with Gasteiger partial charge in [0, 0.05) is 26.4 Å². The van der Waals surface area contributed by atoms with E-state index in [9.17, 15) is 10.1 Å². The summed E-state index contributed by atoms with van der Waals surface area (Å²) in [6.45, 7) is 4.12. The minimum absolute atomic E-state index is 0.0629. The molecular formula is C30H26BrN3OS. The van der Waals surface area contributed by atoms with Gasteiger partial charge in [0.25, 0.3) is 5.91 Å². The molecule has 0 spiro atoms. The molecule has 36 heavy (non-hydrogen) atoms. The molecule has 0 saturated heterocycles. The van der Waals surface area contributed by atoms with Gasteiger partial charge in [-0.15, -0.1) is 11.3 Å². The van der Waals surface area contributed by atoms with Crippen LogP contribution in [0.4, 0.5) is 5.69 Å². The Hall–Kier alpha value is -3.40. The predicted molar refractivity (Wildman–Crippen MR) is 152 cm³/mol. The molecule has 1 aliphatic carbocycles. The predicted octanol–water partition coefficient (Wildman–Crippen LogP) is 8.11. The van der Waals surface area contributed by atoms with Gasteiger partial charge in [0.15, 0.2) is 0 Å². The van der Waals surface area contributed by atoms with Crippen molar-refractivity contribution in [2.75, 3.05) is 5.32 Å². The second kappa shape index (κ2) is 10.3. The molecule has 180 valence electrons. The molecule has 0 fully saturated rings. The first kappa shape index (κ1) is 24.3. The van der Waals surface area contributed by atoms with E-state index in [1.54, 1.807) is 11.3 Å². The molecule has 0 unspecified atom stereocenters. The average molecular weight is 557 g/mol. The number of nitriles is 1. The van der Waals surface area contributed by atoms with E-state index in [2.05, 4.69) is 51.8 Å². The first-order valence-electron chi connectivity index (χ1n) is 12.0. The monoisotopic (exact) mass is 555 g/mol. The fraction of sp³-hybridized carbons (Fsp3) is 0.200. The van der Waals surface area contributed by atoms with E-state index < -0.39 is 0 Å². The standard InChI is InChI=1S/C30H26BrN3OS/c1-19-15-22(16-23(18-32)21-9-8-10-24(31)17-21)20(2)34(19)30-28(26-13-6-7-14-27(26)36-30)29(35)33-25-11-4-3-5-12-25/h3-5,8-12,15-17H,6-7,13-14H2,1-2H3,(H,33,35)/b23-16-. The number of nitrogens with zero attached hydrogens (tertiary/aromatic N) is 2. The number of aryl methyl sites for hydroxylation is 2. The summed E-state index contributed by atoms with van der Waals surface area (Å²) in [7, 11) is 0. The molecule has 4 nitrogen and oxygen atoms in total. The summed E-state index contributed by atoms with van der Waals surface area (Å²) in [5.41, 5.74) is 7.26. The Morgan fingerprint density at radius 2 is 1.86 bits per heavy atom. The Kier molecular flexibility index (Phi) is 6.95. The second-order valence-corrected chi connectivity index (χ2v) is 11.1. The zero-order valence-electron chi connectivity index (χ0n) is 20.3. The third-order valence-electron chi connectivity index (χ3n) is 6.64. The number of allylic oxidation sites excluding steroid dienone is 1. The highest BCUT2D eigenvalue weighted by molar-refractivity contribution is 9.10. The van der Waals surface area contributed by atoms with E-state index in [1.807, 2.05) is 60.7 Å². The van der Waals surface area contributed by atoms with E-state index in [1.165, 1.54) is 10.4 Å². The van der Waals surface area contributed by atoms with Crippen LogP contribution in [-0.4, -0.2) is 10.5 Å². The van der Waals surface area contributed by atoms with E-state index >= 15 is 0 Å². The maximum Gasteiger partial charge on any atom is 0.258 e. The second-order valence-electron chi connectivity index (χ2n) is 9.05. The zero-order valence-corrected chi connectivity index (χ0v) is 22.7. The van der Waals surface area contributed by atoms with Gasteiger partial charge in [-0.25, -0.2) is 0 Å². The highest BCUT2D eigenvalue weighted by Crippen LogP contribution is 2.39. The van der Waals surface area contributed by atoms with E-state index in [-0.39, 0.29) is 5.91 Å². The Balaban J connectivity index is 1.61. The minimum atomic E-state index is -0.0629.